The van der Waals surface area contributed by atoms with Crippen molar-refractivity contribution < 1.29 is 17.9 Å². The highest BCUT2D eigenvalue weighted by Crippen LogP contribution is 2.33. The number of hydrogen-bond donors (Lipinski definition) is 1. The van der Waals surface area contributed by atoms with Crippen molar-refractivity contribution in [2.75, 3.05) is 10.5 Å². The van der Waals surface area contributed by atoms with Gasteiger partial charge in [0.2, 0.25) is 10.0 Å². The lowest BCUT2D eigenvalue weighted by molar-refractivity contribution is -0.134. The molecule has 1 aliphatic heterocycles. The Morgan fingerprint density at radius 1 is 1.35 bits per heavy atom. The van der Waals surface area contributed by atoms with Crippen LogP contribution in [0.4, 0.5) is 5.69 Å². The molecule has 0 amide bonds. The predicted molar refractivity (Wildman–Crippen MR) is 91.3 cm³/mol. The van der Waals surface area contributed by atoms with Crippen LogP contribution in [-0.4, -0.2) is 26.1 Å². The molecular weight excluding hydrogens is 314 g/mol. The number of anilines is 1. The largest absolute Gasteiger partial charge is 0.482 e. The highest BCUT2D eigenvalue weighted by atomic mass is 32.2. The monoisotopic (exact) mass is 339 g/mol. The van der Waals surface area contributed by atoms with Gasteiger partial charge in [-0.3, -0.25) is 9.52 Å². The van der Waals surface area contributed by atoms with Crippen LogP contribution < -0.4 is 9.46 Å². The van der Waals surface area contributed by atoms with Crippen molar-refractivity contribution in [3.63, 3.8) is 0 Å². The minimum absolute atomic E-state index is 0.0934. The van der Waals surface area contributed by atoms with Gasteiger partial charge in [-0.1, -0.05) is 27.7 Å². The summed E-state index contributed by atoms with van der Waals surface area (Å²) in [4.78, 5) is 12.3. The fraction of sp³-hybridized carbons (Fsp3) is 0.588. The number of fused-ring (bicyclic) bond motifs is 1. The van der Waals surface area contributed by atoms with Crippen molar-refractivity contribution in [2.24, 2.45) is 5.41 Å². The van der Waals surface area contributed by atoms with Gasteiger partial charge in [-0.15, -0.1) is 0 Å². The molecule has 23 heavy (non-hydrogen) atoms. The molecule has 1 aromatic carbocycles. The Morgan fingerprint density at radius 2 is 2.04 bits per heavy atom. The van der Waals surface area contributed by atoms with E-state index in [4.69, 9.17) is 4.74 Å². The van der Waals surface area contributed by atoms with Crippen LogP contribution in [0.3, 0.4) is 0 Å². The topological polar surface area (TPSA) is 72.5 Å². The maximum Gasteiger partial charge on any atom is 0.232 e. The standard InChI is InChI=1S/C17H25NO4S/c1-5-10-23(20,21)18-13-7-9-14-12(11-13)6-8-15(22-14)16(19)17(2,3)4/h7,9,11,15,18H,5-6,8,10H2,1-4H3. The number of benzene rings is 1. The summed E-state index contributed by atoms with van der Waals surface area (Å²) in [5.74, 6) is 0.858. The molecule has 2 rings (SSSR count). The fourth-order valence-corrected chi connectivity index (χ4v) is 3.74. The normalized spacial score (nSPS) is 18.0. The molecule has 0 saturated heterocycles. The second kappa shape index (κ2) is 6.51. The first-order valence-corrected chi connectivity index (χ1v) is 9.62. The molecule has 6 heteroatoms. The van der Waals surface area contributed by atoms with Crippen molar-refractivity contribution in [1.29, 1.82) is 0 Å². The van der Waals surface area contributed by atoms with E-state index < -0.39 is 21.5 Å². The Bertz CT molecular complexity index is 689. The first-order chi connectivity index (χ1) is 10.6. The van der Waals surface area contributed by atoms with E-state index in [2.05, 4.69) is 4.72 Å². The van der Waals surface area contributed by atoms with Crippen LogP contribution in [0.5, 0.6) is 5.75 Å². The van der Waals surface area contributed by atoms with Crippen molar-refractivity contribution in [2.45, 2.75) is 53.1 Å². The Morgan fingerprint density at radius 3 is 2.65 bits per heavy atom. The molecule has 0 aliphatic carbocycles. The summed E-state index contributed by atoms with van der Waals surface area (Å²) in [5.41, 5.74) is 1.04. The zero-order valence-corrected chi connectivity index (χ0v) is 15.0. The number of hydrogen-bond acceptors (Lipinski definition) is 4. The number of ether oxygens (including phenoxy) is 1. The van der Waals surface area contributed by atoms with E-state index in [9.17, 15) is 13.2 Å². The quantitative estimate of drug-likeness (QED) is 0.894. The number of Topliss-reactive ketones (excluding diaryl/α,β-unsaturated/α-hetero) is 1. The van der Waals surface area contributed by atoms with Crippen molar-refractivity contribution >= 4 is 21.5 Å². The number of rotatable bonds is 5. The third-order valence-electron chi connectivity index (χ3n) is 3.78. The third-order valence-corrected chi connectivity index (χ3v) is 5.28. The molecule has 5 nitrogen and oxygen atoms in total. The van der Waals surface area contributed by atoms with Crippen molar-refractivity contribution in [3.05, 3.63) is 23.8 Å². The molecule has 0 bridgehead atoms. The number of nitrogens with one attached hydrogen (secondary N) is 1. The van der Waals surface area contributed by atoms with E-state index in [0.29, 0.717) is 30.7 Å². The molecule has 128 valence electrons. The Labute approximate surface area is 138 Å². The van der Waals surface area contributed by atoms with Crippen LogP contribution in [0.15, 0.2) is 18.2 Å². The molecule has 1 aliphatic rings. The minimum Gasteiger partial charge on any atom is -0.482 e. The molecular formula is C17H25NO4S. The lowest BCUT2D eigenvalue weighted by atomic mass is 9.85. The van der Waals surface area contributed by atoms with Gasteiger partial charge in [-0.25, -0.2) is 8.42 Å². The summed E-state index contributed by atoms with van der Waals surface area (Å²) < 4.78 is 32.1. The average molecular weight is 339 g/mol. The van der Waals surface area contributed by atoms with Crippen LogP contribution in [0.2, 0.25) is 0 Å². The van der Waals surface area contributed by atoms with E-state index in [1.54, 1.807) is 18.2 Å². The molecule has 1 aromatic rings. The van der Waals surface area contributed by atoms with Gasteiger partial charge in [0.25, 0.3) is 0 Å². The molecule has 1 atom stereocenters. The Balaban J connectivity index is 2.14. The number of sulfonamides is 1. The van der Waals surface area contributed by atoms with Crippen molar-refractivity contribution in [3.8, 4) is 5.75 Å². The van der Waals surface area contributed by atoms with Gasteiger partial charge in [0.05, 0.1) is 5.75 Å². The van der Waals surface area contributed by atoms with Crippen LogP contribution in [-0.2, 0) is 21.2 Å². The van der Waals surface area contributed by atoms with Crippen LogP contribution in [0.1, 0.15) is 46.1 Å². The van der Waals surface area contributed by atoms with Crippen LogP contribution in [0.25, 0.3) is 0 Å². The predicted octanol–water partition coefficient (Wildman–Crippen LogP) is 3.15. The van der Waals surface area contributed by atoms with Gasteiger partial charge in [-0.05, 0) is 43.0 Å². The first kappa shape index (κ1) is 17.8. The average Bonchev–Trinajstić information content (AvgIpc) is 2.44. The smallest absolute Gasteiger partial charge is 0.232 e. The lowest BCUT2D eigenvalue weighted by Gasteiger charge is -2.30. The second-order valence-corrected chi connectivity index (χ2v) is 8.84. The summed E-state index contributed by atoms with van der Waals surface area (Å²) in [6, 6.07) is 5.21. The summed E-state index contributed by atoms with van der Waals surface area (Å²) in [5, 5.41) is 0. The molecule has 0 aromatic heterocycles. The van der Waals surface area contributed by atoms with E-state index >= 15 is 0 Å². The van der Waals surface area contributed by atoms with Gasteiger partial charge >= 0.3 is 0 Å². The molecule has 0 fully saturated rings. The van der Waals surface area contributed by atoms with Gasteiger partial charge in [0.1, 0.15) is 5.75 Å². The van der Waals surface area contributed by atoms with E-state index in [1.807, 2.05) is 27.7 Å². The van der Waals surface area contributed by atoms with E-state index in [0.717, 1.165) is 5.56 Å². The summed E-state index contributed by atoms with van der Waals surface area (Å²) in [7, 11) is -3.30. The van der Waals surface area contributed by atoms with Crippen molar-refractivity contribution in [1.82, 2.24) is 0 Å². The SMILES string of the molecule is CCCS(=O)(=O)Nc1ccc2c(c1)CCC(C(=O)C(C)(C)C)O2. The second-order valence-electron chi connectivity index (χ2n) is 7.00. The summed E-state index contributed by atoms with van der Waals surface area (Å²) in [6.07, 6.45) is 1.46. The third kappa shape index (κ3) is 4.47. The van der Waals surface area contributed by atoms with Crippen LogP contribution in [0, 0.1) is 5.41 Å². The number of carbonyl (C=O) groups is 1. The molecule has 1 heterocycles. The summed E-state index contributed by atoms with van der Waals surface area (Å²) >= 11 is 0. The minimum atomic E-state index is -3.30. The Kier molecular flexibility index (Phi) is 5.04. The fourth-order valence-electron chi connectivity index (χ4n) is 2.62. The van der Waals surface area contributed by atoms with E-state index in [1.165, 1.54) is 0 Å². The van der Waals surface area contributed by atoms with Gasteiger partial charge in [0, 0.05) is 11.1 Å². The zero-order valence-electron chi connectivity index (χ0n) is 14.2. The summed E-state index contributed by atoms with van der Waals surface area (Å²) in [6.45, 7) is 7.49. The lowest BCUT2D eigenvalue weighted by Crippen LogP contribution is -2.38. The first-order valence-electron chi connectivity index (χ1n) is 7.97. The molecule has 1 N–H and O–H groups in total. The molecule has 0 saturated carbocycles. The molecule has 0 radical (unpaired) electrons. The highest BCUT2D eigenvalue weighted by Gasteiger charge is 2.33. The van der Waals surface area contributed by atoms with Crippen LogP contribution >= 0.6 is 0 Å². The highest BCUT2D eigenvalue weighted by molar-refractivity contribution is 7.92. The van der Waals surface area contributed by atoms with Gasteiger partial charge in [0.15, 0.2) is 11.9 Å². The molecule has 0 spiro atoms. The molecule has 1 unspecified atom stereocenters. The number of ketones is 1. The maximum atomic E-state index is 12.3. The van der Waals surface area contributed by atoms with E-state index in [-0.39, 0.29) is 11.5 Å². The number of aryl methyl sites for hydroxylation is 1. The zero-order chi connectivity index (χ0) is 17.3. The Hall–Kier alpha value is -1.56. The van der Waals surface area contributed by atoms with Gasteiger partial charge < -0.3 is 4.74 Å². The van der Waals surface area contributed by atoms with Gasteiger partial charge in [-0.2, -0.15) is 0 Å². The number of carbonyl (C=O) groups excluding carboxylic acids is 1. The maximum absolute atomic E-state index is 12.3.